The summed E-state index contributed by atoms with van der Waals surface area (Å²) in [6.45, 7) is 2.22. The van der Waals surface area contributed by atoms with Crippen LogP contribution in [0.2, 0.25) is 0 Å². The number of unbranched alkanes of at least 4 members (excludes halogenated alkanes) is 3. The maximum atomic E-state index is 12.0. The number of nitro benzene ring substituents is 1. The number of rotatable bonds is 8. The molecule has 0 atom stereocenters. The van der Waals surface area contributed by atoms with Crippen molar-refractivity contribution in [3.8, 4) is 0 Å². The van der Waals surface area contributed by atoms with E-state index in [0.717, 1.165) is 17.3 Å². The molecule has 20 heavy (non-hydrogen) atoms. The number of nitro groups is 1. The smallest absolute Gasteiger partial charge is 0.273 e. The number of halogens is 1. The highest BCUT2D eigenvalue weighted by Gasteiger charge is 2.17. The number of nitrogens with one attached hydrogen (secondary N) is 1. The van der Waals surface area contributed by atoms with Gasteiger partial charge in [-0.1, -0.05) is 41.5 Å². The molecule has 0 aliphatic heterocycles. The molecule has 0 aliphatic rings. The quantitative estimate of drug-likeness (QED) is 0.242. The first kappa shape index (κ1) is 16.9. The fraction of sp³-hybridized carbons (Fsp3) is 0.500. The molecule has 6 heteroatoms. The van der Waals surface area contributed by atoms with E-state index in [-0.39, 0.29) is 11.6 Å². The molecule has 0 aliphatic carbocycles. The number of hydrogen-bond donors (Lipinski definition) is 1. The van der Waals surface area contributed by atoms with E-state index in [1.165, 1.54) is 18.9 Å². The van der Waals surface area contributed by atoms with Crippen LogP contribution < -0.4 is 5.32 Å². The van der Waals surface area contributed by atoms with Crippen molar-refractivity contribution >= 4 is 34.2 Å². The van der Waals surface area contributed by atoms with Crippen molar-refractivity contribution in [1.29, 1.82) is 0 Å². The van der Waals surface area contributed by atoms with Crippen LogP contribution in [0.4, 0.5) is 5.69 Å². The van der Waals surface area contributed by atoms with E-state index in [1.54, 1.807) is 19.1 Å². The second kappa shape index (κ2) is 8.89. The summed E-state index contributed by atoms with van der Waals surface area (Å²) >= 11 is 2.35. The minimum Gasteiger partial charge on any atom is -0.352 e. The Hall–Kier alpha value is -1.18. The lowest BCUT2D eigenvalue weighted by Gasteiger charge is -2.07. The van der Waals surface area contributed by atoms with Gasteiger partial charge in [0.25, 0.3) is 11.6 Å². The van der Waals surface area contributed by atoms with Gasteiger partial charge in [0.15, 0.2) is 0 Å². The van der Waals surface area contributed by atoms with Gasteiger partial charge in [-0.25, -0.2) is 0 Å². The molecule has 0 heterocycles. The van der Waals surface area contributed by atoms with Gasteiger partial charge in [-0.15, -0.1) is 0 Å². The molecule has 0 unspecified atom stereocenters. The number of carbonyl (C=O) groups excluding carboxylic acids is 1. The zero-order valence-electron chi connectivity index (χ0n) is 11.5. The van der Waals surface area contributed by atoms with E-state index in [1.807, 2.05) is 0 Å². The molecule has 1 N–H and O–H groups in total. The summed E-state index contributed by atoms with van der Waals surface area (Å²) in [6.07, 6.45) is 4.42. The fourth-order valence-corrected chi connectivity index (χ4v) is 2.48. The van der Waals surface area contributed by atoms with Gasteiger partial charge in [-0.2, -0.15) is 0 Å². The van der Waals surface area contributed by atoms with Crippen LogP contribution in [0.1, 0.15) is 41.6 Å². The van der Waals surface area contributed by atoms with Crippen LogP contribution in [0.15, 0.2) is 18.2 Å². The zero-order chi connectivity index (χ0) is 15.0. The highest BCUT2D eigenvalue weighted by Crippen LogP contribution is 2.20. The molecule has 1 aromatic rings. The van der Waals surface area contributed by atoms with Crippen molar-refractivity contribution in [3.05, 3.63) is 39.4 Å². The standard InChI is InChI=1S/C14H19IN2O3/c1-11-12(7-6-8-13(11)17(19)20)14(18)16-10-5-3-2-4-9-15/h6-8H,2-5,9-10H2,1H3,(H,16,18). The van der Waals surface area contributed by atoms with Gasteiger partial charge in [-0.3, -0.25) is 14.9 Å². The van der Waals surface area contributed by atoms with Crippen LogP contribution in [-0.4, -0.2) is 21.8 Å². The van der Waals surface area contributed by atoms with Crippen molar-refractivity contribution in [3.63, 3.8) is 0 Å². The summed E-state index contributed by atoms with van der Waals surface area (Å²) < 4.78 is 1.16. The molecular weight excluding hydrogens is 371 g/mol. The van der Waals surface area contributed by atoms with Crippen LogP contribution in [-0.2, 0) is 0 Å². The van der Waals surface area contributed by atoms with Gasteiger partial charge in [0.05, 0.1) is 4.92 Å². The first-order valence-corrected chi connectivity index (χ1v) is 8.18. The summed E-state index contributed by atoms with van der Waals surface area (Å²) in [5.41, 5.74) is 0.783. The van der Waals surface area contributed by atoms with Crippen LogP contribution in [0.3, 0.4) is 0 Å². The van der Waals surface area contributed by atoms with Gasteiger partial charge < -0.3 is 5.32 Å². The van der Waals surface area contributed by atoms with E-state index in [0.29, 0.717) is 17.7 Å². The number of carbonyl (C=O) groups is 1. The van der Waals surface area contributed by atoms with Crippen LogP contribution in [0.25, 0.3) is 0 Å². The van der Waals surface area contributed by atoms with Gasteiger partial charge in [0.2, 0.25) is 0 Å². The first-order chi connectivity index (χ1) is 9.57. The highest BCUT2D eigenvalue weighted by atomic mass is 127. The Bertz CT molecular complexity index is 477. The van der Waals surface area contributed by atoms with E-state index in [9.17, 15) is 14.9 Å². The van der Waals surface area contributed by atoms with E-state index >= 15 is 0 Å². The molecule has 0 saturated carbocycles. The Kier molecular flexibility index (Phi) is 7.50. The zero-order valence-corrected chi connectivity index (χ0v) is 13.7. The SMILES string of the molecule is Cc1c(C(=O)NCCCCCCI)cccc1[N+](=O)[O-]. The Balaban J connectivity index is 2.52. The summed E-state index contributed by atoms with van der Waals surface area (Å²) in [4.78, 5) is 22.4. The second-order valence-corrected chi connectivity index (χ2v) is 5.64. The minimum atomic E-state index is -0.462. The maximum Gasteiger partial charge on any atom is 0.273 e. The molecule has 1 aromatic carbocycles. The van der Waals surface area contributed by atoms with Gasteiger partial charge >= 0.3 is 0 Å². The lowest BCUT2D eigenvalue weighted by Crippen LogP contribution is -2.25. The molecule has 5 nitrogen and oxygen atoms in total. The molecule has 110 valence electrons. The summed E-state index contributed by atoms with van der Waals surface area (Å²) in [7, 11) is 0. The lowest BCUT2D eigenvalue weighted by atomic mass is 10.1. The van der Waals surface area contributed by atoms with Crippen molar-refractivity contribution in [2.45, 2.75) is 32.6 Å². The van der Waals surface area contributed by atoms with E-state index in [4.69, 9.17) is 0 Å². The Morgan fingerprint density at radius 1 is 1.30 bits per heavy atom. The van der Waals surface area contributed by atoms with Crippen molar-refractivity contribution in [1.82, 2.24) is 5.32 Å². The number of amides is 1. The number of benzene rings is 1. The number of nitrogens with zero attached hydrogens (tertiary/aromatic N) is 1. The third-order valence-corrected chi connectivity index (χ3v) is 3.86. The summed E-state index contributed by atoms with van der Waals surface area (Å²) in [5.74, 6) is -0.236. The van der Waals surface area contributed by atoms with Crippen LogP contribution >= 0.6 is 22.6 Å². The predicted molar refractivity (Wildman–Crippen MR) is 87.5 cm³/mol. The average Bonchev–Trinajstić information content (AvgIpc) is 2.42. The molecule has 0 spiro atoms. The van der Waals surface area contributed by atoms with Gasteiger partial charge in [0.1, 0.15) is 0 Å². The third-order valence-electron chi connectivity index (χ3n) is 3.09. The monoisotopic (exact) mass is 390 g/mol. The van der Waals surface area contributed by atoms with E-state index in [2.05, 4.69) is 27.9 Å². The van der Waals surface area contributed by atoms with Crippen molar-refractivity contribution in [2.75, 3.05) is 11.0 Å². The van der Waals surface area contributed by atoms with Crippen molar-refractivity contribution in [2.24, 2.45) is 0 Å². The Labute approximate surface area is 132 Å². The molecule has 0 fully saturated rings. The molecule has 1 amide bonds. The van der Waals surface area contributed by atoms with Gasteiger partial charge in [0, 0.05) is 23.7 Å². The Morgan fingerprint density at radius 3 is 2.65 bits per heavy atom. The van der Waals surface area contributed by atoms with Crippen LogP contribution in [0.5, 0.6) is 0 Å². The number of alkyl halides is 1. The molecular formula is C14H19IN2O3. The second-order valence-electron chi connectivity index (χ2n) is 4.57. The van der Waals surface area contributed by atoms with Crippen LogP contribution in [0, 0.1) is 17.0 Å². The topological polar surface area (TPSA) is 72.2 Å². The largest absolute Gasteiger partial charge is 0.352 e. The molecule has 1 rings (SSSR count). The predicted octanol–water partition coefficient (Wildman–Crippen LogP) is 3.63. The summed E-state index contributed by atoms with van der Waals surface area (Å²) in [5, 5.41) is 13.6. The maximum absolute atomic E-state index is 12.0. The van der Waals surface area contributed by atoms with E-state index < -0.39 is 4.92 Å². The lowest BCUT2D eigenvalue weighted by molar-refractivity contribution is -0.385. The van der Waals surface area contributed by atoms with Gasteiger partial charge in [-0.05, 0) is 30.3 Å². The third kappa shape index (κ3) is 5.07. The molecule has 0 aromatic heterocycles. The highest BCUT2D eigenvalue weighted by molar-refractivity contribution is 14.1. The summed E-state index contributed by atoms with van der Waals surface area (Å²) in [6, 6.07) is 4.57. The van der Waals surface area contributed by atoms with Crippen molar-refractivity contribution < 1.29 is 9.72 Å². The Morgan fingerprint density at radius 2 is 2.00 bits per heavy atom. The molecule has 0 radical (unpaired) electrons. The number of hydrogen-bond acceptors (Lipinski definition) is 3. The fourth-order valence-electron chi connectivity index (χ4n) is 1.94. The first-order valence-electron chi connectivity index (χ1n) is 6.66. The average molecular weight is 390 g/mol. The minimum absolute atomic E-state index is 0.0142. The normalized spacial score (nSPS) is 10.3. The molecule has 0 bridgehead atoms. The molecule has 0 saturated heterocycles.